The Morgan fingerprint density at radius 2 is 1.26 bits per heavy atom. The van der Waals surface area contributed by atoms with Gasteiger partial charge in [0.15, 0.2) is 4.93 Å². The minimum Gasteiger partial charge on any atom is -0.746 e. The van der Waals surface area contributed by atoms with Gasteiger partial charge < -0.3 is 9.66 Å². The van der Waals surface area contributed by atoms with Gasteiger partial charge in [-0.3, -0.25) is 0 Å². The summed E-state index contributed by atoms with van der Waals surface area (Å²) in [6.07, 6.45) is 7.23. The van der Waals surface area contributed by atoms with Crippen LogP contribution < -0.4 is 29.6 Å². The minimum atomic E-state index is -4.63. The van der Waals surface area contributed by atoms with Crippen LogP contribution >= 0.6 is 0 Å². The van der Waals surface area contributed by atoms with E-state index in [4.69, 9.17) is 0 Å². The van der Waals surface area contributed by atoms with Crippen molar-refractivity contribution >= 4 is 10.1 Å². The quantitative estimate of drug-likeness (QED) is 0.335. The van der Waals surface area contributed by atoms with Crippen LogP contribution in [0.1, 0.15) is 78.1 Å². The summed E-state index contributed by atoms with van der Waals surface area (Å²) >= 11 is 0. The van der Waals surface area contributed by atoms with Crippen molar-refractivity contribution in [3.05, 3.63) is 0 Å². The first-order valence-electron chi connectivity index (χ1n) is 7.05. The maximum Gasteiger partial charge on any atom is 1.00 e. The fourth-order valence-corrected chi connectivity index (χ4v) is 2.82. The van der Waals surface area contributed by atoms with Crippen molar-refractivity contribution < 1.29 is 47.6 Å². The van der Waals surface area contributed by atoms with E-state index in [0.717, 1.165) is 38.5 Å². The maximum atomic E-state index is 11.2. The standard InChI is InChI=1S/C13H28O4S.Na/c1-3-5-7-8-10-12-13(14,18(15,16)17)11-9-6-4-2;/h14H,3-12H2,1-2H3,(H,15,16,17);/q;+1/p-1. The second-order valence-electron chi connectivity index (χ2n) is 5.02. The first-order chi connectivity index (χ1) is 8.37. The zero-order valence-corrected chi connectivity index (χ0v) is 15.5. The molecule has 0 aromatic carbocycles. The third-order valence-electron chi connectivity index (χ3n) is 3.31. The van der Waals surface area contributed by atoms with Gasteiger partial charge in [-0.05, 0) is 25.7 Å². The van der Waals surface area contributed by atoms with E-state index in [1.807, 2.05) is 6.92 Å². The molecule has 0 aromatic heterocycles. The van der Waals surface area contributed by atoms with Gasteiger partial charge in [0, 0.05) is 0 Å². The summed E-state index contributed by atoms with van der Waals surface area (Å²) in [7, 11) is -4.63. The molecule has 0 aliphatic rings. The Balaban J connectivity index is 0. The van der Waals surface area contributed by atoms with E-state index in [2.05, 4.69) is 6.92 Å². The van der Waals surface area contributed by atoms with Crippen molar-refractivity contribution in [2.75, 3.05) is 0 Å². The second kappa shape index (κ2) is 11.5. The normalized spacial score (nSPS) is 14.7. The van der Waals surface area contributed by atoms with Crippen molar-refractivity contribution in [2.45, 2.75) is 83.0 Å². The molecule has 0 saturated carbocycles. The van der Waals surface area contributed by atoms with Crippen molar-refractivity contribution in [1.82, 2.24) is 0 Å². The van der Waals surface area contributed by atoms with Crippen LogP contribution in [-0.2, 0) is 10.1 Å². The molecular formula is C13H27NaO4S. The molecule has 1 N–H and O–H groups in total. The summed E-state index contributed by atoms with van der Waals surface area (Å²) in [6.45, 7) is 4.10. The summed E-state index contributed by atoms with van der Waals surface area (Å²) in [6, 6.07) is 0. The Morgan fingerprint density at radius 3 is 1.68 bits per heavy atom. The van der Waals surface area contributed by atoms with E-state index >= 15 is 0 Å². The number of hydrogen-bond acceptors (Lipinski definition) is 4. The number of unbranched alkanes of at least 4 members (excludes halogenated alkanes) is 6. The molecule has 1 unspecified atom stereocenters. The third kappa shape index (κ3) is 9.43. The average Bonchev–Trinajstić information content (AvgIpc) is 2.28. The van der Waals surface area contributed by atoms with Crippen molar-refractivity contribution in [2.24, 2.45) is 0 Å². The van der Waals surface area contributed by atoms with Crippen LogP contribution in [0.2, 0.25) is 0 Å². The molecule has 6 heteroatoms. The number of aliphatic hydroxyl groups is 1. The third-order valence-corrected chi connectivity index (χ3v) is 4.65. The van der Waals surface area contributed by atoms with Gasteiger partial charge in [0.2, 0.25) is 0 Å². The zero-order valence-electron chi connectivity index (χ0n) is 12.7. The molecule has 0 spiro atoms. The van der Waals surface area contributed by atoms with Crippen LogP contribution in [0.3, 0.4) is 0 Å². The molecule has 0 saturated heterocycles. The van der Waals surface area contributed by atoms with Crippen LogP contribution in [0.15, 0.2) is 0 Å². The average molecular weight is 302 g/mol. The van der Waals surface area contributed by atoms with E-state index in [-0.39, 0.29) is 42.4 Å². The van der Waals surface area contributed by atoms with Crippen LogP contribution in [0.25, 0.3) is 0 Å². The van der Waals surface area contributed by atoms with Gasteiger partial charge in [0.25, 0.3) is 0 Å². The van der Waals surface area contributed by atoms with Gasteiger partial charge in [-0.2, -0.15) is 0 Å². The molecule has 1 atom stereocenters. The fraction of sp³-hybridized carbons (Fsp3) is 1.00. The summed E-state index contributed by atoms with van der Waals surface area (Å²) < 4.78 is 33.5. The number of hydrogen-bond donors (Lipinski definition) is 1. The molecule has 0 radical (unpaired) electrons. The monoisotopic (exact) mass is 302 g/mol. The molecule has 0 aliphatic carbocycles. The molecule has 0 rings (SSSR count). The molecular weight excluding hydrogens is 275 g/mol. The zero-order chi connectivity index (χ0) is 14.1. The molecule has 110 valence electrons. The Kier molecular flexibility index (Phi) is 13.4. The van der Waals surface area contributed by atoms with Gasteiger partial charge in [0.1, 0.15) is 10.1 Å². The molecule has 0 aliphatic heterocycles. The summed E-state index contributed by atoms with van der Waals surface area (Å²) in [5.41, 5.74) is 0. The Labute approximate surface area is 140 Å². The molecule has 0 amide bonds. The first-order valence-corrected chi connectivity index (χ1v) is 8.46. The Hall–Kier alpha value is 0.870. The van der Waals surface area contributed by atoms with Crippen LogP contribution in [0, 0.1) is 0 Å². The van der Waals surface area contributed by atoms with E-state index in [0.29, 0.717) is 12.8 Å². The van der Waals surface area contributed by atoms with E-state index < -0.39 is 15.1 Å². The van der Waals surface area contributed by atoms with E-state index in [1.54, 1.807) is 0 Å². The minimum absolute atomic E-state index is 0. The molecule has 0 aromatic rings. The Bertz CT molecular complexity index is 306. The second-order valence-corrected chi connectivity index (χ2v) is 6.69. The van der Waals surface area contributed by atoms with Gasteiger partial charge in [-0.15, -0.1) is 0 Å². The van der Waals surface area contributed by atoms with Crippen LogP contribution in [0.5, 0.6) is 0 Å². The van der Waals surface area contributed by atoms with Crippen LogP contribution in [-0.4, -0.2) is 23.0 Å². The SMILES string of the molecule is CCCCCCCC(O)(CCCCC)S(=O)(=O)[O-].[Na+]. The molecule has 4 nitrogen and oxygen atoms in total. The topological polar surface area (TPSA) is 77.4 Å². The fourth-order valence-electron chi connectivity index (χ4n) is 2.03. The molecule has 0 heterocycles. The van der Waals surface area contributed by atoms with Gasteiger partial charge in [-0.1, -0.05) is 52.4 Å². The maximum absolute atomic E-state index is 11.2. The van der Waals surface area contributed by atoms with E-state index in [1.165, 1.54) is 0 Å². The molecule has 0 bridgehead atoms. The summed E-state index contributed by atoms with van der Waals surface area (Å²) in [5, 5.41) is 10.0. The smallest absolute Gasteiger partial charge is 0.746 e. The predicted octanol–water partition coefficient (Wildman–Crippen LogP) is 0.165. The molecule has 19 heavy (non-hydrogen) atoms. The van der Waals surface area contributed by atoms with Gasteiger partial charge in [-0.25, -0.2) is 8.42 Å². The van der Waals surface area contributed by atoms with Crippen molar-refractivity contribution in [1.29, 1.82) is 0 Å². The first kappa shape index (κ1) is 22.2. The van der Waals surface area contributed by atoms with Crippen molar-refractivity contribution in [3.8, 4) is 0 Å². The van der Waals surface area contributed by atoms with Gasteiger partial charge in [0.05, 0.1) is 0 Å². The largest absolute Gasteiger partial charge is 1.00 e. The van der Waals surface area contributed by atoms with Gasteiger partial charge >= 0.3 is 29.6 Å². The van der Waals surface area contributed by atoms with E-state index in [9.17, 15) is 18.1 Å². The van der Waals surface area contributed by atoms with Crippen LogP contribution in [0.4, 0.5) is 0 Å². The summed E-state index contributed by atoms with van der Waals surface area (Å²) in [5.74, 6) is 0. The Morgan fingerprint density at radius 1 is 0.895 bits per heavy atom. The molecule has 0 fully saturated rings. The van der Waals surface area contributed by atoms with Crippen molar-refractivity contribution in [3.63, 3.8) is 0 Å². The number of rotatable bonds is 11. The predicted molar refractivity (Wildman–Crippen MR) is 72.2 cm³/mol. The summed E-state index contributed by atoms with van der Waals surface area (Å²) in [4.78, 5) is -2.05.